The molecule has 1 fully saturated rings. The van der Waals surface area contributed by atoms with Gasteiger partial charge in [-0.3, -0.25) is 0 Å². The third kappa shape index (κ3) is 4.08. The molecular weight excluding hydrogens is 291 g/mol. The molecule has 1 aliphatic rings. The Morgan fingerprint density at radius 1 is 1.06 bits per heavy atom. The summed E-state index contributed by atoms with van der Waals surface area (Å²) in [5, 5.41) is 0. The molecule has 0 amide bonds. The first-order chi connectivity index (χ1) is 8.77. The van der Waals surface area contributed by atoms with Crippen LogP contribution in [0.3, 0.4) is 0 Å². The molecule has 1 saturated carbocycles. The fraction of sp³-hybridized carbons (Fsp3) is 0.625. The molecule has 100 valence electrons. The van der Waals surface area contributed by atoms with Crippen molar-refractivity contribution in [3.63, 3.8) is 0 Å². The average molecular weight is 313 g/mol. The lowest BCUT2D eigenvalue weighted by molar-refractivity contribution is 0.369. The molecule has 2 heteroatoms. The second-order valence-corrected chi connectivity index (χ2v) is 6.59. The van der Waals surface area contributed by atoms with Crippen molar-refractivity contribution in [1.82, 2.24) is 0 Å². The predicted molar refractivity (Wildman–Crippen MR) is 78.6 cm³/mol. The highest BCUT2D eigenvalue weighted by molar-refractivity contribution is 9.09. The first kappa shape index (κ1) is 14.0. The van der Waals surface area contributed by atoms with E-state index in [0.29, 0.717) is 10.7 Å². The van der Waals surface area contributed by atoms with Crippen LogP contribution in [-0.4, -0.2) is 4.83 Å². The van der Waals surface area contributed by atoms with E-state index in [1.807, 2.05) is 12.1 Å². The molecule has 0 aliphatic heterocycles. The minimum Gasteiger partial charge on any atom is -0.207 e. The zero-order valence-corrected chi connectivity index (χ0v) is 12.5. The van der Waals surface area contributed by atoms with Gasteiger partial charge >= 0.3 is 0 Å². The van der Waals surface area contributed by atoms with Gasteiger partial charge in [0.15, 0.2) is 0 Å². The number of rotatable bonds is 3. The molecule has 0 bridgehead atoms. The van der Waals surface area contributed by atoms with Crippen LogP contribution in [0.25, 0.3) is 0 Å². The maximum atomic E-state index is 13.6. The number of hydrogen-bond donors (Lipinski definition) is 0. The van der Waals surface area contributed by atoms with Crippen molar-refractivity contribution in [3.05, 3.63) is 35.6 Å². The molecule has 0 nitrogen and oxygen atoms in total. The van der Waals surface area contributed by atoms with E-state index in [1.54, 1.807) is 12.1 Å². The van der Waals surface area contributed by atoms with E-state index in [-0.39, 0.29) is 5.82 Å². The van der Waals surface area contributed by atoms with Crippen LogP contribution in [0.2, 0.25) is 0 Å². The van der Waals surface area contributed by atoms with Gasteiger partial charge in [-0.25, -0.2) is 4.39 Å². The minimum absolute atomic E-state index is 0.0622. The minimum atomic E-state index is -0.0622. The molecule has 2 rings (SSSR count). The molecule has 0 heterocycles. The first-order valence-electron chi connectivity index (χ1n) is 7.15. The molecule has 18 heavy (non-hydrogen) atoms. The zero-order chi connectivity index (χ0) is 12.8. The Kier molecular flexibility index (Phi) is 5.68. The summed E-state index contributed by atoms with van der Waals surface area (Å²) in [7, 11) is 0. The summed E-state index contributed by atoms with van der Waals surface area (Å²) >= 11 is 3.80. The van der Waals surface area contributed by atoms with Crippen molar-refractivity contribution in [2.45, 2.75) is 56.2 Å². The van der Waals surface area contributed by atoms with Crippen LogP contribution in [0.1, 0.15) is 50.5 Å². The van der Waals surface area contributed by atoms with Gasteiger partial charge in [-0.1, -0.05) is 66.2 Å². The molecular formula is C16H22BrF. The van der Waals surface area contributed by atoms with E-state index < -0.39 is 0 Å². The summed E-state index contributed by atoms with van der Waals surface area (Å²) in [5.41, 5.74) is 0.849. The van der Waals surface area contributed by atoms with Gasteiger partial charge in [0, 0.05) is 4.83 Å². The Bertz CT molecular complexity index is 356. The molecule has 0 aromatic heterocycles. The van der Waals surface area contributed by atoms with E-state index in [0.717, 1.165) is 12.0 Å². The van der Waals surface area contributed by atoms with Crippen LogP contribution in [0.4, 0.5) is 4.39 Å². The van der Waals surface area contributed by atoms with Crippen LogP contribution >= 0.6 is 15.9 Å². The second kappa shape index (κ2) is 7.28. The SMILES string of the molecule is Fc1ccccc1CC(Br)C1CCCCCCC1. The lowest BCUT2D eigenvalue weighted by Gasteiger charge is -2.24. The molecule has 1 atom stereocenters. The molecule has 0 N–H and O–H groups in total. The van der Waals surface area contributed by atoms with Gasteiger partial charge in [0.25, 0.3) is 0 Å². The van der Waals surface area contributed by atoms with Crippen LogP contribution in [-0.2, 0) is 6.42 Å². The maximum absolute atomic E-state index is 13.6. The highest BCUT2D eigenvalue weighted by Crippen LogP contribution is 2.30. The van der Waals surface area contributed by atoms with E-state index in [1.165, 1.54) is 44.9 Å². The Hall–Kier alpha value is -0.370. The highest BCUT2D eigenvalue weighted by Gasteiger charge is 2.20. The quantitative estimate of drug-likeness (QED) is 0.647. The van der Waals surface area contributed by atoms with Gasteiger partial charge in [0.1, 0.15) is 5.82 Å². The molecule has 1 aromatic carbocycles. The summed E-state index contributed by atoms with van der Waals surface area (Å²) in [4.78, 5) is 0.424. The van der Waals surface area contributed by atoms with Gasteiger partial charge in [-0.2, -0.15) is 0 Å². The average Bonchev–Trinajstić information content (AvgIpc) is 2.31. The topological polar surface area (TPSA) is 0 Å². The normalized spacial score (nSPS) is 20.1. The van der Waals surface area contributed by atoms with Crippen molar-refractivity contribution in [1.29, 1.82) is 0 Å². The third-order valence-electron chi connectivity index (χ3n) is 4.03. The Morgan fingerprint density at radius 3 is 2.33 bits per heavy atom. The molecule has 0 radical (unpaired) electrons. The number of halogens is 2. The highest BCUT2D eigenvalue weighted by atomic mass is 79.9. The number of benzene rings is 1. The van der Waals surface area contributed by atoms with Crippen LogP contribution < -0.4 is 0 Å². The van der Waals surface area contributed by atoms with Gasteiger partial charge in [-0.15, -0.1) is 0 Å². The van der Waals surface area contributed by atoms with E-state index >= 15 is 0 Å². The summed E-state index contributed by atoms with van der Waals surface area (Å²) in [6, 6.07) is 7.16. The van der Waals surface area contributed by atoms with Gasteiger partial charge in [0.05, 0.1) is 0 Å². The largest absolute Gasteiger partial charge is 0.207 e. The predicted octanol–water partition coefficient (Wildman–Crippen LogP) is 5.49. The standard InChI is InChI=1S/C16H22BrF/c17-15(12-14-10-6-7-11-16(14)18)13-8-4-2-1-3-5-9-13/h6-7,10-11,13,15H,1-5,8-9,12H2. The Balaban J connectivity index is 1.93. The molecule has 1 aromatic rings. The molecule has 1 aliphatic carbocycles. The summed E-state index contributed by atoms with van der Waals surface area (Å²) in [6.07, 6.45) is 10.2. The summed E-state index contributed by atoms with van der Waals surface area (Å²) in [6.45, 7) is 0. The molecule has 0 saturated heterocycles. The fourth-order valence-electron chi connectivity index (χ4n) is 2.89. The first-order valence-corrected chi connectivity index (χ1v) is 8.06. The van der Waals surface area contributed by atoms with Crippen LogP contribution in [0.15, 0.2) is 24.3 Å². The molecule has 0 spiro atoms. The van der Waals surface area contributed by atoms with E-state index in [2.05, 4.69) is 15.9 Å². The fourth-order valence-corrected chi connectivity index (χ4v) is 3.77. The monoisotopic (exact) mass is 312 g/mol. The van der Waals surface area contributed by atoms with Crippen molar-refractivity contribution in [2.75, 3.05) is 0 Å². The number of alkyl halides is 1. The molecule has 1 unspecified atom stereocenters. The van der Waals surface area contributed by atoms with Gasteiger partial charge < -0.3 is 0 Å². The van der Waals surface area contributed by atoms with Crippen molar-refractivity contribution in [2.24, 2.45) is 5.92 Å². The summed E-state index contributed by atoms with van der Waals surface area (Å²) < 4.78 is 13.6. The third-order valence-corrected chi connectivity index (χ3v) is 5.11. The Labute approximate surface area is 118 Å². The summed E-state index contributed by atoms with van der Waals surface area (Å²) in [5.74, 6) is 0.651. The van der Waals surface area contributed by atoms with Gasteiger partial charge in [0.2, 0.25) is 0 Å². The lowest BCUT2D eigenvalue weighted by atomic mass is 9.87. The second-order valence-electron chi connectivity index (χ2n) is 5.42. The van der Waals surface area contributed by atoms with Gasteiger partial charge in [-0.05, 0) is 36.8 Å². The lowest BCUT2D eigenvalue weighted by Crippen LogP contribution is -2.19. The van der Waals surface area contributed by atoms with Crippen molar-refractivity contribution >= 4 is 15.9 Å². The van der Waals surface area contributed by atoms with Crippen LogP contribution in [0.5, 0.6) is 0 Å². The van der Waals surface area contributed by atoms with Crippen molar-refractivity contribution < 1.29 is 4.39 Å². The smallest absolute Gasteiger partial charge is 0.126 e. The van der Waals surface area contributed by atoms with Crippen LogP contribution in [0, 0.1) is 11.7 Å². The number of hydrogen-bond acceptors (Lipinski definition) is 0. The Morgan fingerprint density at radius 2 is 1.67 bits per heavy atom. The zero-order valence-electron chi connectivity index (χ0n) is 10.9. The maximum Gasteiger partial charge on any atom is 0.126 e. The van der Waals surface area contributed by atoms with E-state index in [4.69, 9.17) is 0 Å². The van der Waals surface area contributed by atoms with Crippen molar-refractivity contribution in [3.8, 4) is 0 Å². The van der Waals surface area contributed by atoms with E-state index in [9.17, 15) is 4.39 Å².